The molecule has 1 amide bonds. The summed E-state index contributed by atoms with van der Waals surface area (Å²) >= 11 is 6.01. The van der Waals surface area contributed by atoms with Crippen LogP contribution >= 0.6 is 11.6 Å². The van der Waals surface area contributed by atoms with E-state index in [0.717, 1.165) is 5.56 Å². The molecule has 1 aliphatic rings. The predicted octanol–water partition coefficient (Wildman–Crippen LogP) is 5.30. The summed E-state index contributed by atoms with van der Waals surface area (Å²) in [5, 5.41) is 3.47. The number of hydrogen-bond acceptors (Lipinski definition) is 5. The predicted molar refractivity (Wildman–Crippen MR) is 114 cm³/mol. The summed E-state index contributed by atoms with van der Waals surface area (Å²) in [5.41, 5.74) is 1.87. The van der Waals surface area contributed by atoms with E-state index < -0.39 is 0 Å². The van der Waals surface area contributed by atoms with Crippen LogP contribution in [-0.2, 0) is 6.61 Å². The molecule has 4 rings (SSSR count). The van der Waals surface area contributed by atoms with Crippen LogP contribution in [0.15, 0.2) is 60.7 Å². The fraction of sp³-hybridized carbons (Fsp3) is 0.174. The largest absolute Gasteiger partial charge is 0.493 e. The van der Waals surface area contributed by atoms with Crippen molar-refractivity contribution in [1.29, 1.82) is 0 Å². The van der Waals surface area contributed by atoms with Crippen LogP contribution in [0.25, 0.3) is 0 Å². The molecule has 0 spiro atoms. The molecular weight excluding hydrogens is 406 g/mol. The molecule has 1 N–H and O–H groups in total. The molecular formula is C23H20ClNO5. The lowest BCUT2D eigenvalue weighted by molar-refractivity contribution is 0.102. The Labute approximate surface area is 179 Å². The first-order valence-corrected chi connectivity index (χ1v) is 9.85. The second-order valence-electron chi connectivity index (χ2n) is 6.52. The van der Waals surface area contributed by atoms with Gasteiger partial charge in [0.2, 0.25) is 6.79 Å². The van der Waals surface area contributed by atoms with Gasteiger partial charge in [-0.1, -0.05) is 17.7 Å². The van der Waals surface area contributed by atoms with Gasteiger partial charge in [-0.25, -0.2) is 0 Å². The Kier molecular flexibility index (Phi) is 5.95. The average molecular weight is 426 g/mol. The van der Waals surface area contributed by atoms with Gasteiger partial charge < -0.3 is 24.3 Å². The van der Waals surface area contributed by atoms with Crippen molar-refractivity contribution in [3.8, 4) is 23.0 Å². The average Bonchev–Trinajstić information content (AvgIpc) is 3.21. The third-order valence-electron chi connectivity index (χ3n) is 4.44. The summed E-state index contributed by atoms with van der Waals surface area (Å²) in [7, 11) is 0. The van der Waals surface area contributed by atoms with Crippen LogP contribution in [0.5, 0.6) is 23.0 Å². The topological polar surface area (TPSA) is 66.0 Å². The van der Waals surface area contributed by atoms with Gasteiger partial charge in [-0.05, 0) is 55.5 Å². The highest BCUT2D eigenvalue weighted by Gasteiger charge is 2.16. The van der Waals surface area contributed by atoms with Crippen LogP contribution in [0.2, 0.25) is 5.02 Å². The number of ether oxygens (including phenoxy) is 4. The molecule has 6 nitrogen and oxygen atoms in total. The van der Waals surface area contributed by atoms with E-state index in [1.807, 2.05) is 19.1 Å². The standard InChI is InChI=1S/C23H20ClNO5/c1-2-27-20-8-6-15(10-16(20)13-28-19-5-3-4-17(24)11-19)23(26)25-18-7-9-21-22(12-18)30-14-29-21/h3-12H,2,13-14H2,1H3,(H,25,26). The third-order valence-corrected chi connectivity index (χ3v) is 4.68. The Morgan fingerprint density at radius 3 is 2.73 bits per heavy atom. The van der Waals surface area contributed by atoms with Crippen LogP contribution < -0.4 is 24.3 Å². The Morgan fingerprint density at radius 1 is 1.03 bits per heavy atom. The van der Waals surface area contributed by atoms with Gasteiger partial charge in [0.05, 0.1) is 6.61 Å². The first-order valence-electron chi connectivity index (χ1n) is 9.47. The number of nitrogens with one attached hydrogen (secondary N) is 1. The summed E-state index contributed by atoms with van der Waals surface area (Å²) in [6, 6.07) is 17.7. The molecule has 7 heteroatoms. The van der Waals surface area contributed by atoms with Crippen molar-refractivity contribution >= 4 is 23.2 Å². The number of carbonyl (C=O) groups is 1. The molecule has 0 saturated heterocycles. The zero-order valence-corrected chi connectivity index (χ0v) is 17.1. The van der Waals surface area contributed by atoms with E-state index in [9.17, 15) is 4.79 Å². The zero-order chi connectivity index (χ0) is 20.9. The number of amides is 1. The lowest BCUT2D eigenvalue weighted by atomic mass is 10.1. The number of hydrogen-bond donors (Lipinski definition) is 1. The highest BCUT2D eigenvalue weighted by Crippen LogP contribution is 2.34. The van der Waals surface area contributed by atoms with Gasteiger partial charge in [-0.15, -0.1) is 0 Å². The molecule has 154 valence electrons. The maximum atomic E-state index is 12.8. The highest BCUT2D eigenvalue weighted by atomic mass is 35.5. The van der Waals surface area contributed by atoms with E-state index in [2.05, 4.69) is 5.32 Å². The maximum Gasteiger partial charge on any atom is 0.255 e. The Morgan fingerprint density at radius 2 is 1.90 bits per heavy atom. The fourth-order valence-corrected chi connectivity index (χ4v) is 3.21. The molecule has 0 bridgehead atoms. The Hall–Kier alpha value is -3.38. The van der Waals surface area contributed by atoms with Crippen molar-refractivity contribution in [2.75, 3.05) is 18.7 Å². The van der Waals surface area contributed by atoms with Crippen molar-refractivity contribution in [2.24, 2.45) is 0 Å². The van der Waals surface area contributed by atoms with E-state index in [1.165, 1.54) is 0 Å². The van der Waals surface area contributed by atoms with Crippen molar-refractivity contribution in [3.63, 3.8) is 0 Å². The Bertz CT molecular complexity index is 1070. The zero-order valence-electron chi connectivity index (χ0n) is 16.3. The van der Waals surface area contributed by atoms with Crippen molar-refractivity contribution in [2.45, 2.75) is 13.5 Å². The lowest BCUT2D eigenvalue weighted by Gasteiger charge is -2.14. The lowest BCUT2D eigenvalue weighted by Crippen LogP contribution is -2.13. The minimum absolute atomic E-state index is 0.182. The molecule has 1 aliphatic heterocycles. The second-order valence-corrected chi connectivity index (χ2v) is 6.96. The van der Waals surface area contributed by atoms with E-state index in [0.29, 0.717) is 45.9 Å². The number of rotatable bonds is 7. The molecule has 0 radical (unpaired) electrons. The molecule has 0 aromatic heterocycles. The monoisotopic (exact) mass is 425 g/mol. The van der Waals surface area contributed by atoms with Gasteiger partial charge in [0.1, 0.15) is 18.1 Å². The minimum atomic E-state index is -0.249. The number of benzene rings is 3. The van der Waals surface area contributed by atoms with Crippen molar-refractivity contribution in [3.05, 3.63) is 76.8 Å². The van der Waals surface area contributed by atoms with E-state index in [1.54, 1.807) is 48.5 Å². The second kappa shape index (κ2) is 8.97. The molecule has 0 unspecified atom stereocenters. The normalized spacial score (nSPS) is 11.8. The van der Waals surface area contributed by atoms with Crippen molar-refractivity contribution in [1.82, 2.24) is 0 Å². The number of fused-ring (bicyclic) bond motifs is 1. The van der Waals surface area contributed by atoms with Gasteiger partial charge in [0.25, 0.3) is 5.91 Å². The van der Waals surface area contributed by atoms with Gasteiger partial charge in [0, 0.05) is 27.9 Å². The van der Waals surface area contributed by atoms with Gasteiger partial charge in [0.15, 0.2) is 11.5 Å². The SMILES string of the molecule is CCOc1ccc(C(=O)Nc2ccc3c(c2)OCO3)cc1COc1cccc(Cl)c1. The van der Waals surface area contributed by atoms with Crippen LogP contribution in [0.3, 0.4) is 0 Å². The maximum absolute atomic E-state index is 12.8. The van der Waals surface area contributed by atoms with E-state index in [-0.39, 0.29) is 19.3 Å². The van der Waals surface area contributed by atoms with E-state index in [4.69, 9.17) is 30.5 Å². The molecule has 30 heavy (non-hydrogen) atoms. The van der Waals surface area contributed by atoms with Gasteiger partial charge in [-0.3, -0.25) is 4.79 Å². The molecule has 1 heterocycles. The quantitative estimate of drug-likeness (QED) is 0.556. The molecule has 0 saturated carbocycles. The van der Waals surface area contributed by atoms with Crippen molar-refractivity contribution < 1.29 is 23.7 Å². The number of halogens is 1. The molecule has 0 fully saturated rings. The first kappa shape index (κ1) is 19.9. The number of carbonyl (C=O) groups excluding carboxylic acids is 1. The third kappa shape index (κ3) is 4.60. The van der Waals surface area contributed by atoms with Crippen LogP contribution in [0.4, 0.5) is 5.69 Å². The smallest absolute Gasteiger partial charge is 0.255 e. The summed E-state index contributed by atoms with van der Waals surface area (Å²) in [6.45, 7) is 2.83. The van der Waals surface area contributed by atoms with Crippen LogP contribution in [0.1, 0.15) is 22.8 Å². The van der Waals surface area contributed by atoms with E-state index >= 15 is 0 Å². The highest BCUT2D eigenvalue weighted by molar-refractivity contribution is 6.30. The molecule has 3 aromatic rings. The first-order chi connectivity index (χ1) is 14.6. The minimum Gasteiger partial charge on any atom is -0.493 e. The summed E-state index contributed by atoms with van der Waals surface area (Å²) in [5.74, 6) is 2.32. The van der Waals surface area contributed by atoms with Crippen LogP contribution in [-0.4, -0.2) is 19.3 Å². The summed E-state index contributed by atoms with van der Waals surface area (Å²) in [6.07, 6.45) is 0. The van der Waals surface area contributed by atoms with Crippen LogP contribution in [0, 0.1) is 0 Å². The number of anilines is 1. The summed E-state index contributed by atoms with van der Waals surface area (Å²) in [4.78, 5) is 12.8. The molecule has 0 atom stereocenters. The fourth-order valence-electron chi connectivity index (χ4n) is 3.03. The summed E-state index contributed by atoms with van der Waals surface area (Å²) < 4.78 is 22.2. The Balaban J connectivity index is 1.51. The van der Waals surface area contributed by atoms with Gasteiger partial charge in [-0.2, -0.15) is 0 Å². The van der Waals surface area contributed by atoms with Gasteiger partial charge >= 0.3 is 0 Å². The molecule has 0 aliphatic carbocycles. The molecule has 3 aromatic carbocycles.